The third-order valence-corrected chi connectivity index (χ3v) is 6.23. The van der Waals surface area contributed by atoms with Crippen molar-refractivity contribution < 1.29 is 13.2 Å². The molecule has 3 aromatic rings. The highest BCUT2D eigenvalue weighted by atomic mass is 35.5. The summed E-state index contributed by atoms with van der Waals surface area (Å²) in [6, 6.07) is 9.82. The number of aromatic nitrogens is 2. The van der Waals surface area contributed by atoms with Crippen molar-refractivity contribution in [3.8, 4) is 0 Å². The predicted molar refractivity (Wildman–Crippen MR) is 101 cm³/mol. The van der Waals surface area contributed by atoms with E-state index in [4.69, 9.17) is 11.6 Å². The lowest BCUT2D eigenvalue weighted by atomic mass is 10.2. The number of sulfonamides is 1. The van der Waals surface area contributed by atoms with E-state index in [0.29, 0.717) is 5.69 Å². The van der Waals surface area contributed by atoms with Crippen molar-refractivity contribution in [2.24, 2.45) is 0 Å². The summed E-state index contributed by atoms with van der Waals surface area (Å²) in [4.78, 5) is 16.8. The Balaban J connectivity index is 1.50. The van der Waals surface area contributed by atoms with Crippen LogP contribution in [0, 0.1) is 0 Å². The van der Waals surface area contributed by atoms with Gasteiger partial charge in [-0.05, 0) is 43.2 Å². The molecule has 2 N–H and O–H groups in total. The molecule has 1 aromatic carbocycles. The minimum atomic E-state index is -3.75. The van der Waals surface area contributed by atoms with Crippen molar-refractivity contribution in [2.75, 3.05) is 0 Å². The zero-order chi connectivity index (χ0) is 19.0. The first-order valence-electron chi connectivity index (χ1n) is 8.45. The van der Waals surface area contributed by atoms with Crippen molar-refractivity contribution in [2.45, 2.75) is 30.3 Å². The molecular weight excluding hydrogens is 388 g/mol. The number of amides is 1. The van der Waals surface area contributed by atoms with Crippen molar-refractivity contribution in [3.05, 3.63) is 65.1 Å². The Morgan fingerprint density at radius 2 is 2.07 bits per heavy atom. The molecule has 140 valence electrons. The molecule has 7 nitrogen and oxygen atoms in total. The van der Waals surface area contributed by atoms with E-state index in [9.17, 15) is 13.2 Å². The summed E-state index contributed by atoms with van der Waals surface area (Å²) in [5, 5.41) is 2.84. The van der Waals surface area contributed by atoms with E-state index in [-0.39, 0.29) is 28.1 Å². The van der Waals surface area contributed by atoms with Gasteiger partial charge in [0, 0.05) is 24.0 Å². The van der Waals surface area contributed by atoms with Crippen LogP contribution in [0.5, 0.6) is 0 Å². The molecule has 1 saturated carbocycles. The number of rotatable bonds is 6. The van der Waals surface area contributed by atoms with Crippen LogP contribution >= 0.6 is 11.6 Å². The van der Waals surface area contributed by atoms with Crippen molar-refractivity contribution >= 4 is 33.2 Å². The summed E-state index contributed by atoms with van der Waals surface area (Å²) in [7, 11) is -3.75. The summed E-state index contributed by atoms with van der Waals surface area (Å²) in [6.45, 7) is 0.228. The monoisotopic (exact) mass is 404 g/mol. The summed E-state index contributed by atoms with van der Waals surface area (Å²) < 4.78 is 29.3. The van der Waals surface area contributed by atoms with Crippen LogP contribution in [0.15, 0.2) is 53.7 Å². The Labute approximate surface area is 161 Å². The van der Waals surface area contributed by atoms with E-state index in [2.05, 4.69) is 15.0 Å². The van der Waals surface area contributed by atoms with Crippen LogP contribution in [0.25, 0.3) is 5.65 Å². The molecule has 2 heterocycles. The Morgan fingerprint density at radius 1 is 1.26 bits per heavy atom. The molecule has 2 aromatic heterocycles. The summed E-state index contributed by atoms with van der Waals surface area (Å²) >= 11 is 6.04. The standard InChI is InChI=1S/C18H17ClN4O3S/c19-15-7-4-12(9-16(15)27(25,26)22-13-5-6-13)18(24)20-10-14-11-23-8-2-1-3-17(23)21-14/h1-4,7-9,11,13,22H,5-6,10H2,(H,20,24). The Morgan fingerprint density at radius 3 is 2.81 bits per heavy atom. The van der Waals surface area contributed by atoms with E-state index < -0.39 is 15.9 Å². The van der Waals surface area contributed by atoms with E-state index in [1.54, 1.807) is 0 Å². The van der Waals surface area contributed by atoms with Crippen LogP contribution in [-0.4, -0.2) is 29.8 Å². The molecule has 1 aliphatic rings. The second kappa shape index (κ2) is 6.95. The first-order chi connectivity index (χ1) is 12.9. The Kier molecular flexibility index (Phi) is 4.63. The zero-order valence-electron chi connectivity index (χ0n) is 14.2. The van der Waals surface area contributed by atoms with Crippen LogP contribution in [-0.2, 0) is 16.6 Å². The number of halogens is 1. The van der Waals surface area contributed by atoms with Gasteiger partial charge in [0.15, 0.2) is 0 Å². The fourth-order valence-electron chi connectivity index (χ4n) is 2.68. The van der Waals surface area contributed by atoms with Crippen LogP contribution in [0.3, 0.4) is 0 Å². The molecule has 1 aliphatic carbocycles. The van der Waals surface area contributed by atoms with Gasteiger partial charge in [-0.15, -0.1) is 0 Å². The van der Waals surface area contributed by atoms with Gasteiger partial charge in [0.25, 0.3) is 5.91 Å². The quantitative estimate of drug-likeness (QED) is 0.659. The second-order valence-electron chi connectivity index (χ2n) is 6.42. The topological polar surface area (TPSA) is 92.6 Å². The van der Waals surface area contributed by atoms with Crippen molar-refractivity contribution in [1.82, 2.24) is 19.4 Å². The van der Waals surface area contributed by atoms with Crippen LogP contribution in [0.1, 0.15) is 28.9 Å². The number of pyridine rings is 1. The third-order valence-electron chi connectivity index (χ3n) is 4.23. The zero-order valence-corrected chi connectivity index (χ0v) is 15.8. The number of carbonyl (C=O) groups is 1. The lowest BCUT2D eigenvalue weighted by Gasteiger charge is -2.10. The normalized spacial score (nSPS) is 14.4. The number of fused-ring (bicyclic) bond motifs is 1. The van der Waals surface area contributed by atoms with Gasteiger partial charge in [0.05, 0.1) is 17.3 Å². The van der Waals surface area contributed by atoms with Gasteiger partial charge in [-0.25, -0.2) is 18.1 Å². The van der Waals surface area contributed by atoms with E-state index >= 15 is 0 Å². The highest BCUT2D eigenvalue weighted by molar-refractivity contribution is 7.89. The molecule has 9 heteroatoms. The first-order valence-corrected chi connectivity index (χ1v) is 10.3. The van der Waals surface area contributed by atoms with Gasteiger partial charge < -0.3 is 9.72 Å². The number of nitrogens with zero attached hydrogens (tertiary/aromatic N) is 2. The summed E-state index contributed by atoms with van der Waals surface area (Å²) in [5.74, 6) is -0.397. The SMILES string of the molecule is O=C(NCc1cn2ccccc2n1)c1ccc(Cl)c(S(=O)(=O)NC2CC2)c1. The lowest BCUT2D eigenvalue weighted by Crippen LogP contribution is -2.27. The molecule has 0 unspecified atom stereocenters. The molecule has 1 fully saturated rings. The molecule has 1 amide bonds. The maximum Gasteiger partial charge on any atom is 0.251 e. The maximum atomic E-state index is 12.5. The molecule has 0 atom stereocenters. The lowest BCUT2D eigenvalue weighted by molar-refractivity contribution is 0.0950. The van der Waals surface area contributed by atoms with Gasteiger partial charge in [0.1, 0.15) is 10.5 Å². The minimum Gasteiger partial charge on any atom is -0.346 e. The van der Waals surface area contributed by atoms with Crippen LogP contribution in [0.4, 0.5) is 0 Å². The molecule has 0 saturated heterocycles. The average molecular weight is 405 g/mol. The number of carbonyl (C=O) groups excluding carboxylic acids is 1. The van der Waals surface area contributed by atoms with E-state index in [1.165, 1.54) is 18.2 Å². The van der Waals surface area contributed by atoms with Crippen molar-refractivity contribution in [3.63, 3.8) is 0 Å². The molecule has 0 bridgehead atoms. The maximum absolute atomic E-state index is 12.5. The highest BCUT2D eigenvalue weighted by Crippen LogP contribution is 2.26. The molecule has 0 radical (unpaired) electrons. The Hall–Kier alpha value is -2.42. The molecule has 4 rings (SSSR count). The largest absolute Gasteiger partial charge is 0.346 e. The van der Waals surface area contributed by atoms with Gasteiger partial charge in [-0.1, -0.05) is 17.7 Å². The highest BCUT2D eigenvalue weighted by Gasteiger charge is 2.29. The molecule has 0 aliphatic heterocycles. The first kappa shape index (κ1) is 18.0. The number of hydrogen-bond acceptors (Lipinski definition) is 4. The second-order valence-corrected chi connectivity index (χ2v) is 8.51. The van der Waals surface area contributed by atoms with Crippen LogP contribution in [0.2, 0.25) is 5.02 Å². The smallest absolute Gasteiger partial charge is 0.251 e. The third kappa shape index (κ3) is 3.97. The predicted octanol–water partition coefficient (Wildman–Crippen LogP) is 2.36. The molecule has 0 spiro atoms. The van der Waals surface area contributed by atoms with Gasteiger partial charge in [-0.3, -0.25) is 4.79 Å². The fourth-order valence-corrected chi connectivity index (χ4v) is 4.51. The number of benzene rings is 1. The fraction of sp³-hybridized carbons (Fsp3) is 0.222. The van der Waals surface area contributed by atoms with Crippen molar-refractivity contribution in [1.29, 1.82) is 0 Å². The van der Waals surface area contributed by atoms with E-state index in [1.807, 2.05) is 35.0 Å². The average Bonchev–Trinajstić information content (AvgIpc) is 3.34. The number of imidazole rings is 1. The summed E-state index contributed by atoms with van der Waals surface area (Å²) in [6.07, 6.45) is 5.33. The number of hydrogen-bond donors (Lipinski definition) is 2. The van der Waals surface area contributed by atoms with E-state index in [0.717, 1.165) is 18.5 Å². The van der Waals surface area contributed by atoms with Gasteiger partial charge in [0.2, 0.25) is 10.0 Å². The Bertz CT molecular complexity index is 1090. The van der Waals surface area contributed by atoms with Gasteiger partial charge >= 0.3 is 0 Å². The van der Waals surface area contributed by atoms with Gasteiger partial charge in [-0.2, -0.15) is 0 Å². The number of nitrogens with one attached hydrogen (secondary N) is 2. The minimum absolute atomic E-state index is 0.0430. The molecular formula is C18H17ClN4O3S. The summed E-state index contributed by atoms with van der Waals surface area (Å²) in [5.41, 5.74) is 1.71. The van der Waals surface area contributed by atoms with Crippen LogP contribution < -0.4 is 10.0 Å². The molecule has 27 heavy (non-hydrogen) atoms.